The predicted octanol–water partition coefficient (Wildman–Crippen LogP) is 2.42. The van der Waals surface area contributed by atoms with Gasteiger partial charge in [-0.25, -0.2) is 0 Å². The van der Waals surface area contributed by atoms with Crippen LogP contribution in [0.5, 0.6) is 5.75 Å². The maximum Gasteiger partial charge on any atom is 0.305 e. The number of amides is 1. The second kappa shape index (κ2) is 8.79. The molecule has 0 fully saturated rings. The van der Waals surface area contributed by atoms with Gasteiger partial charge in [-0.3, -0.25) is 9.59 Å². The van der Waals surface area contributed by atoms with Gasteiger partial charge < -0.3 is 14.7 Å². The summed E-state index contributed by atoms with van der Waals surface area (Å²) in [6.07, 6.45) is 4.03. The summed E-state index contributed by atoms with van der Waals surface area (Å²) in [6.45, 7) is 2.92. The maximum atomic E-state index is 11.8. The van der Waals surface area contributed by atoms with Crippen molar-refractivity contribution in [3.8, 4) is 5.75 Å². The average molecular weight is 291 g/mol. The van der Waals surface area contributed by atoms with Gasteiger partial charge in [-0.15, -0.1) is 0 Å². The predicted molar refractivity (Wildman–Crippen MR) is 81.2 cm³/mol. The van der Waals surface area contributed by atoms with Crippen molar-refractivity contribution >= 4 is 18.0 Å². The summed E-state index contributed by atoms with van der Waals surface area (Å²) in [6, 6.07) is 7.44. The Morgan fingerprint density at radius 2 is 1.95 bits per heavy atom. The first kappa shape index (κ1) is 16.8. The molecule has 1 aromatic carbocycles. The molecule has 1 rings (SSSR count). The summed E-state index contributed by atoms with van der Waals surface area (Å²) in [5.74, 6) is -0.331. The molecule has 0 bridgehead atoms. The highest BCUT2D eigenvalue weighted by Crippen LogP contribution is 2.13. The smallest absolute Gasteiger partial charge is 0.305 e. The standard InChI is InChI=1S/C16H21NO4/c1-3-12-21-14-7-4-13(5-8-14)6-9-15(18)17(2)11-10-16(19)20/h4-9H,3,10-12H2,1-2H3,(H,19,20)/b9-6+. The quantitative estimate of drug-likeness (QED) is 0.747. The SMILES string of the molecule is CCCOc1ccc(/C=C/C(=O)N(C)CCC(=O)O)cc1. The van der Waals surface area contributed by atoms with Crippen LogP contribution in [-0.4, -0.2) is 42.1 Å². The van der Waals surface area contributed by atoms with E-state index in [9.17, 15) is 9.59 Å². The molecule has 0 spiro atoms. The first-order chi connectivity index (χ1) is 10.0. The third-order valence-corrected chi connectivity index (χ3v) is 2.81. The van der Waals surface area contributed by atoms with E-state index >= 15 is 0 Å². The Bertz CT molecular complexity index is 494. The van der Waals surface area contributed by atoms with Gasteiger partial charge in [0.05, 0.1) is 13.0 Å². The minimum atomic E-state index is -0.915. The van der Waals surface area contributed by atoms with Gasteiger partial charge >= 0.3 is 5.97 Å². The highest BCUT2D eigenvalue weighted by molar-refractivity contribution is 5.91. The van der Waals surface area contributed by atoms with Gasteiger partial charge in [-0.1, -0.05) is 19.1 Å². The Balaban J connectivity index is 2.51. The zero-order chi connectivity index (χ0) is 15.7. The summed E-state index contributed by atoms with van der Waals surface area (Å²) < 4.78 is 5.47. The van der Waals surface area contributed by atoms with E-state index in [-0.39, 0.29) is 18.9 Å². The normalized spacial score (nSPS) is 10.6. The molecular formula is C16H21NO4. The van der Waals surface area contributed by atoms with E-state index in [0.717, 1.165) is 17.7 Å². The van der Waals surface area contributed by atoms with Crippen LogP contribution in [0.15, 0.2) is 30.3 Å². The lowest BCUT2D eigenvalue weighted by Crippen LogP contribution is -2.27. The fourth-order valence-corrected chi connectivity index (χ4v) is 1.56. The Morgan fingerprint density at radius 3 is 2.52 bits per heavy atom. The third-order valence-electron chi connectivity index (χ3n) is 2.81. The number of benzene rings is 1. The van der Waals surface area contributed by atoms with Crippen molar-refractivity contribution < 1.29 is 19.4 Å². The van der Waals surface area contributed by atoms with Gasteiger partial charge in [0.1, 0.15) is 5.75 Å². The fraction of sp³-hybridized carbons (Fsp3) is 0.375. The Morgan fingerprint density at radius 1 is 1.29 bits per heavy atom. The lowest BCUT2D eigenvalue weighted by Gasteiger charge is -2.13. The van der Waals surface area contributed by atoms with Crippen LogP contribution in [0.3, 0.4) is 0 Å². The molecule has 0 radical (unpaired) electrons. The Labute approximate surface area is 124 Å². The molecule has 21 heavy (non-hydrogen) atoms. The van der Waals surface area contributed by atoms with Crippen LogP contribution in [-0.2, 0) is 9.59 Å². The number of carbonyl (C=O) groups excluding carboxylic acids is 1. The summed E-state index contributed by atoms with van der Waals surface area (Å²) in [5, 5.41) is 8.57. The molecule has 1 amide bonds. The monoisotopic (exact) mass is 291 g/mol. The van der Waals surface area contributed by atoms with Crippen molar-refractivity contribution in [3.05, 3.63) is 35.9 Å². The highest BCUT2D eigenvalue weighted by atomic mass is 16.5. The lowest BCUT2D eigenvalue weighted by molar-refractivity contribution is -0.137. The molecule has 0 aliphatic heterocycles. The number of hydrogen-bond acceptors (Lipinski definition) is 3. The van der Waals surface area contributed by atoms with Gasteiger partial charge in [0, 0.05) is 19.7 Å². The number of carbonyl (C=O) groups is 2. The molecule has 0 saturated carbocycles. The number of rotatable bonds is 8. The Hall–Kier alpha value is -2.30. The van der Waals surface area contributed by atoms with Gasteiger partial charge in [-0.2, -0.15) is 0 Å². The first-order valence-electron chi connectivity index (χ1n) is 6.90. The van der Waals surface area contributed by atoms with Crippen molar-refractivity contribution in [2.24, 2.45) is 0 Å². The van der Waals surface area contributed by atoms with Crippen LogP contribution in [0.1, 0.15) is 25.3 Å². The van der Waals surface area contributed by atoms with E-state index in [2.05, 4.69) is 0 Å². The van der Waals surface area contributed by atoms with Gasteiger partial charge in [0.2, 0.25) is 5.91 Å². The van der Waals surface area contributed by atoms with Gasteiger partial charge in [0.15, 0.2) is 0 Å². The molecule has 114 valence electrons. The number of nitrogens with zero attached hydrogens (tertiary/aromatic N) is 1. The molecule has 0 atom stereocenters. The fourth-order valence-electron chi connectivity index (χ4n) is 1.56. The first-order valence-corrected chi connectivity index (χ1v) is 6.90. The lowest BCUT2D eigenvalue weighted by atomic mass is 10.2. The summed E-state index contributed by atoms with van der Waals surface area (Å²) in [5.41, 5.74) is 0.888. The molecule has 0 aliphatic carbocycles. The van der Waals surface area contributed by atoms with E-state index in [1.807, 2.05) is 31.2 Å². The molecule has 5 nitrogen and oxygen atoms in total. The topological polar surface area (TPSA) is 66.8 Å². The van der Waals surface area contributed by atoms with E-state index in [1.54, 1.807) is 13.1 Å². The van der Waals surface area contributed by atoms with Gasteiger partial charge in [-0.05, 0) is 30.2 Å². The van der Waals surface area contributed by atoms with Crippen LogP contribution in [0.25, 0.3) is 6.08 Å². The second-order valence-corrected chi connectivity index (χ2v) is 4.65. The highest BCUT2D eigenvalue weighted by Gasteiger charge is 2.06. The van der Waals surface area contributed by atoms with Crippen molar-refractivity contribution in [2.75, 3.05) is 20.2 Å². The van der Waals surface area contributed by atoms with Crippen LogP contribution in [0.2, 0.25) is 0 Å². The number of carboxylic acids is 1. The minimum Gasteiger partial charge on any atom is -0.494 e. The molecule has 0 heterocycles. The summed E-state index contributed by atoms with van der Waals surface area (Å²) >= 11 is 0. The van der Waals surface area contributed by atoms with Crippen LogP contribution in [0, 0.1) is 0 Å². The third kappa shape index (κ3) is 6.61. The molecule has 0 saturated heterocycles. The molecule has 1 aromatic rings. The van der Waals surface area contributed by atoms with Crippen molar-refractivity contribution in [2.45, 2.75) is 19.8 Å². The number of carboxylic acid groups (broad SMARTS) is 1. The molecule has 0 unspecified atom stereocenters. The summed E-state index contributed by atoms with van der Waals surface area (Å²) in [7, 11) is 1.58. The van der Waals surface area contributed by atoms with Crippen molar-refractivity contribution in [1.29, 1.82) is 0 Å². The zero-order valence-corrected chi connectivity index (χ0v) is 12.4. The molecular weight excluding hydrogens is 270 g/mol. The average Bonchev–Trinajstić information content (AvgIpc) is 2.49. The van der Waals surface area contributed by atoms with Crippen molar-refractivity contribution in [3.63, 3.8) is 0 Å². The summed E-state index contributed by atoms with van der Waals surface area (Å²) in [4.78, 5) is 23.6. The van der Waals surface area contributed by atoms with E-state index in [1.165, 1.54) is 11.0 Å². The second-order valence-electron chi connectivity index (χ2n) is 4.65. The number of likely N-dealkylation sites (N-methyl/N-ethyl adjacent to an activating group) is 1. The van der Waals surface area contributed by atoms with E-state index < -0.39 is 5.97 Å². The largest absolute Gasteiger partial charge is 0.494 e. The molecule has 0 aliphatic rings. The Kier molecular flexibility index (Phi) is 7.01. The minimum absolute atomic E-state index is 0.0560. The van der Waals surface area contributed by atoms with Crippen molar-refractivity contribution in [1.82, 2.24) is 4.90 Å². The van der Waals surface area contributed by atoms with Crippen LogP contribution >= 0.6 is 0 Å². The number of ether oxygens (including phenoxy) is 1. The zero-order valence-electron chi connectivity index (χ0n) is 12.4. The van der Waals surface area contributed by atoms with E-state index in [0.29, 0.717) is 6.61 Å². The van der Waals surface area contributed by atoms with Crippen LogP contribution < -0.4 is 4.74 Å². The molecule has 0 aromatic heterocycles. The molecule has 5 heteroatoms. The molecule has 1 N–H and O–H groups in total. The number of hydrogen-bond donors (Lipinski definition) is 1. The van der Waals surface area contributed by atoms with E-state index in [4.69, 9.17) is 9.84 Å². The van der Waals surface area contributed by atoms with Crippen LogP contribution in [0.4, 0.5) is 0 Å². The maximum absolute atomic E-state index is 11.8. The van der Waals surface area contributed by atoms with Gasteiger partial charge in [0.25, 0.3) is 0 Å². The number of aliphatic carboxylic acids is 1.